The fourth-order valence-corrected chi connectivity index (χ4v) is 1.91. The maximum Gasteiger partial charge on any atom is 0.235 e. The Labute approximate surface area is 93.0 Å². The molecule has 1 aromatic rings. The van der Waals surface area contributed by atoms with E-state index in [0.29, 0.717) is 11.5 Å². The molecule has 0 fully saturated rings. The van der Waals surface area contributed by atoms with Crippen LogP contribution in [0.3, 0.4) is 0 Å². The van der Waals surface area contributed by atoms with Gasteiger partial charge in [0.25, 0.3) is 0 Å². The minimum atomic E-state index is -0.245. The van der Waals surface area contributed by atoms with E-state index in [1.807, 2.05) is 13.8 Å². The van der Waals surface area contributed by atoms with Crippen LogP contribution in [-0.4, -0.2) is 28.3 Å². The molecule has 0 atom stereocenters. The summed E-state index contributed by atoms with van der Waals surface area (Å²) in [7, 11) is 1.60. The first kappa shape index (κ1) is 10.7. The number of hydrogen-bond acceptors (Lipinski definition) is 4. The highest BCUT2D eigenvalue weighted by Crippen LogP contribution is 2.30. The van der Waals surface area contributed by atoms with Crippen LogP contribution in [0.1, 0.15) is 36.8 Å². The van der Waals surface area contributed by atoms with Gasteiger partial charge in [0.1, 0.15) is 5.69 Å². The van der Waals surface area contributed by atoms with Gasteiger partial charge in [-0.1, -0.05) is 0 Å². The van der Waals surface area contributed by atoms with Gasteiger partial charge in [0.05, 0.1) is 6.42 Å². The number of hydrogen-bond donors (Lipinski definition) is 1. The van der Waals surface area contributed by atoms with Crippen LogP contribution in [-0.2, 0) is 4.79 Å². The summed E-state index contributed by atoms with van der Waals surface area (Å²) in [6, 6.07) is 0.0433. The fraction of sp³-hybridized carbons (Fsp3) is 0.500. The minimum Gasteiger partial charge on any atom is -0.369 e. The quantitative estimate of drug-likeness (QED) is 0.705. The highest BCUT2D eigenvalue weighted by molar-refractivity contribution is 6.18. The van der Waals surface area contributed by atoms with Crippen LogP contribution in [0.25, 0.3) is 0 Å². The van der Waals surface area contributed by atoms with Crippen molar-refractivity contribution in [2.75, 3.05) is 17.7 Å². The van der Waals surface area contributed by atoms with E-state index in [9.17, 15) is 9.59 Å². The molecule has 0 aromatic carbocycles. The fourth-order valence-electron chi connectivity index (χ4n) is 1.91. The second-order valence-corrected chi connectivity index (χ2v) is 4.16. The maximum absolute atomic E-state index is 11.8. The molecule has 2 rings (SSSR count). The Morgan fingerprint density at radius 2 is 2.00 bits per heavy atom. The van der Waals surface area contributed by atoms with Gasteiger partial charge < -0.3 is 10.3 Å². The lowest BCUT2D eigenvalue weighted by Gasteiger charge is -2.22. The van der Waals surface area contributed by atoms with Gasteiger partial charge in [-0.25, -0.2) is 0 Å². The number of aromatic nitrogens is 2. The van der Waals surface area contributed by atoms with Crippen molar-refractivity contribution in [2.45, 2.75) is 26.3 Å². The summed E-state index contributed by atoms with van der Waals surface area (Å²) in [6.07, 6.45) is -0.110. The maximum atomic E-state index is 11.8. The van der Waals surface area contributed by atoms with Crippen molar-refractivity contribution in [2.24, 2.45) is 0 Å². The molecule has 2 N–H and O–H groups in total. The third kappa shape index (κ3) is 1.30. The highest BCUT2D eigenvalue weighted by atomic mass is 16.2. The number of nitrogens with two attached hydrogens (primary N) is 1. The molecule has 1 aliphatic rings. The van der Waals surface area contributed by atoms with Gasteiger partial charge in [0.2, 0.25) is 11.9 Å². The number of carbonyl (C=O) groups is 2. The van der Waals surface area contributed by atoms with Gasteiger partial charge >= 0.3 is 0 Å². The third-order valence-electron chi connectivity index (χ3n) is 2.70. The van der Waals surface area contributed by atoms with Crippen molar-refractivity contribution in [3.63, 3.8) is 0 Å². The SMILES string of the molecule is CC(C)n1c(N)nc2c1C(=O)CC(=O)N2C. The second-order valence-electron chi connectivity index (χ2n) is 4.16. The molecule has 86 valence electrons. The highest BCUT2D eigenvalue weighted by Gasteiger charge is 2.34. The van der Waals surface area contributed by atoms with E-state index in [0.717, 1.165) is 0 Å². The Hall–Kier alpha value is -1.85. The smallest absolute Gasteiger partial charge is 0.235 e. The van der Waals surface area contributed by atoms with Crippen LogP contribution < -0.4 is 10.6 Å². The number of rotatable bonds is 1. The molecule has 1 aromatic heterocycles. The number of Topliss-reactive ketones (excluding diaryl/α,β-unsaturated/α-hetero) is 1. The summed E-state index contributed by atoms with van der Waals surface area (Å²) in [5.41, 5.74) is 6.19. The lowest BCUT2D eigenvalue weighted by molar-refractivity contribution is -0.117. The van der Waals surface area contributed by atoms with E-state index in [1.54, 1.807) is 11.6 Å². The predicted molar refractivity (Wildman–Crippen MR) is 59.4 cm³/mol. The van der Waals surface area contributed by atoms with Crippen LogP contribution in [0, 0.1) is 0 Å². The number of anilines is 2. The Morgan fingerprint density at radius 1 is 1.38 bits per heavy atom. The first-order valence-corrected chi connectivity index (χ1v) is 5.11. The minimum absolute atomic E-state index is 0.0433. The third-order valence-corrected chi connectivity index (χ3v) is 2.70. The van der Waals surface area contributed by atoms with Gasteiger partial charge in [0, 0.05) is 13.1 Å². The molecular formula is C10H14N4O2. The van der Waals surface area contributed by atoms with Crippen LogP contribution in [0.4, 0.5) is 11.8 Å². The van der Waals surface area contributed by atoms with Crippen molar-refractivity contribution in [1.82, 2.24) is 9.55 Å². The van der Waals surface area contributed by atoms with E-state index in [-0.39, 0.29) is 30.1 Å². The molecule has 0 aliphatic carbocycles. The van der Waals surface area contributed by atoms with E-state index in [4.69, 9.17) is 5.73 Å². The standard InChI is InChI=1S/C10H14N4O2/c1-5(2)14-8-6(15)4-7(16)13(3)9(8)12-10(14)11/h5H,4H2,1-3H3,(H2,11,12). The summed E-state index contributed by atoms with van der Waals surface area (Å²) in [5, 5.41) is 0. The topological polar surface area (TPSA) is 81.2 Å². The number of fused-ring (bicyclic) bond motifs is 1. The first-order valence-electron chi connectivity index (χ1n) is 5.11. The average Bonchev–Trinajstić information content (AvgIpc) is 2.52. The average molecular weight is 222 g/mol. The molecule has 0 saturated heterocycles. The molecule has 0 bridgehead atoms. The second kappa shape index (κ2) is 3.33. The van der Waals surface area contributed by atoms with Gasteiger partial charge in [-0.2, -0.15) is 4.98 Å². The Kier molecular flexibility index (Phi) is 2.22. The summed E-state index contributed by atoms with van der Waals surface area (Å²) in [5.74, 6) is 0.184. The molecule has 0 spiro atoms. The molecule has 2 heterocycles. The normalized spacial score (nSPS) is 15.9. The molecule has 0 unspecified atom stereocenters. The van der Waals surface area contributed by atoms with Crippen molar-refractivity contribution in [3.8, 4) is 0 Å². The monoisotopic (exact) mass is 222 g/mol. The molecule has 6 nitrogen and oxygen atoms in total. The number of amides is 1. The molecule has 0 saturated carbocycles. The first-order chi connectivity index (χ1) is 7.43. The Morgan fingerprint density at radius 3 is 2.56 bits per heavy atom. The Bertz CT molecular complexity index is 475. The zero-order valence-corrected chi connectivity index (χ0v) is 9.52. The van der Waals surface area contributed by atoms with E-state index >= 15 is 0 Å². The zero-order chi connectivity index (χ0) is 12.0. The molecule has 16 heavy (non-hydrogen) atoms. The van der Waals surface area contributed by atoms with Crippen molar-refractivity contribution in [1.29, 1.82) is 0 Å². The van der Waals surface area contributed by atoms with Gasteiger partial charge in [-0.15, -0.1) is 0 Å². The van der Waals surface area contributed by atoms with Crippen LogP contribution in [0.5, 0.6) is 0 Å². The molecule has 1 amide bonds. The predicted octanol–water partition coefficient (Wildman–Crippen LogP) is 0.595. The number of nitrogens with zero attached hydrogens (tertiary/aromatic N) is 3. The van der Waals surface area contributed by atoms with Crippen LogP contribution in [0.15, 0.2) is 0 Å². The Balaban J connectivity index is 2.67. The summed E-state index contributed by atoms with van der Waals surface area (Å²) in [6.45, 7) is 3.84. The molecule has 1 aliphatic heterocycles. The molecule has 6 heteroatoms. The number of ketones is 1. The zero-order valence-electron chi connectivity index (χ0n) is 9.52. The van der Waals surface area contributed by atoms with Crippen molar-refractivity contribution >= 4 is 23.5 Å². The van der Waals surface area contributed by atoms with Crippen LogP contribution in [0.2, 0.25) is 0 Å². The van der Waals surface area contributed by atoms with E-state index in [2.05, 4.69) is 4.98 Å². The lowest BCUT2D eigenvalue weighted by atomic mass is 10.1. The van der Waals surface area contributed by atoms with E-state index in [1.165, 1.54) is 4.90 Å². The van der Waals surface area contributed by atoms with Gasteiger partial charge in [-0.3, -0.25) is 14.5 Å². The largest absolute Gasteiger partial charge is 0.369 e. The van der Waals surface area contributed by atoms with Crippen molar-refractivity contribution in [3.05, 3.63) is 5.69 Å². The van der Waals surface area contributed by atoms with Crippen LogP contribution >= 0.6 is 0 Å². The van der Waals surface area contributed by atoms with E-state index < -0.39 is 0 Å². The number of nitrogen functional groups attached to an aromatic ring is 1. The number of carbonyl (C=O) groups excluding carboxylic acids is 2. The van der Waals surface area contributed by atoms with Gasteiger partial charge in [-0.05, 0) is 13.8 Å². The molecule has 0 radical (unpaired) electrons. The van der Waals surface area contributed by atoms with Crippen molar-refractivity contribution < 1.29 is 9.59 Å². The summed E-state index contributed by atoms with van der Waals surface area (Å²) in [4.78, 5) is 28.7. The summed E-state index contributed by atoms with van der Waals surface area (Å²) < 4.78 is 1.67. The lowest BCUT2D eigenvalue weighted by Crippen LogP contribution is -2.35. The number of imidazole rings is 1. The molecular weight excluding hydrogens is 208 g/mol. The summed E-state index contributed by atoms with van der Waals surface area (Å²) >= 11 is 0. The van der Waals surface area contributed by atoms with Gasteiger partial charge in [0.15, 0.2) is 11.6 Å².